The Kier molecular flexibility index (Phi) is 5.22. The van der Waals surface area contributed by atoms with Gasteiger partial charge in [-0.25, -0.2) is 4.79 Å². The number of hydrogen-bond acceptors (Lipinski definition) is 7. The molecule has 3 heterocycles. The second-order valence-electron chi connectivity index (χ2n) is 6.83. The minimum Gasteiger partial charge on any atom is -0.424 e. The van der Waals surface area contributed by atoms with Gasteiger partial charge in [0.25, 0.3) is 5.91 Å². The summed E-state index contributed by atoms with van der Waals surface area (Å²) in [5.74, 6) is 0.394. The first kappa shape index (κ1) is 19.0. The van der Waals surface area contributed by atoms with E-state index in [-0.39, 0.29) is 11.7 Å². The first-order valence-corrected chi connectivity index (χ1v) is 9.51. The minimum atomic E-state index is -0.670. The molecule has 2 aromatic heterocycles. The molecule has 1 unspecified atom stereocenters. The van der Waals surface area contributed by atoms with Crippen molar-refractivity contribution >= 4 is 11.6 Å². The van der Waals surface area contributed by atoms with E-state index in [1.807, 2.05) is 13.0 Å². The van der Waals surface area contributed by atoms with Crippen LogP contribution in [0.2, 0.25) is 0 Å². The molecule has 0 saturated carbocycles. The summed E-state index contributed by atoms with van der Waals surface area (Å²) in [5.41, 5.74) is 1.08. The summed E-state index contributed by atoms with van der Waals surface area (Å²) < 4.78 is 10.9. The van der Waals surface area contributed by atoms with E-state index < -0.39 is 11.5 Å². The molecule has 0 aliphatic carbocycles. The van der Waals surface area contributed by atoms with Crippen molar-refractivity contribution in [3.63, 3.8) is 0 Å². The Bertz CT molecular complexity index is 1100. The van der Waals surface area contributed by atoms with Gasteiger partial charge < -0.3 is 14.5 Å². The SMILES string of the molecule is CCn1nnc(-c2cccc(NC(=O)c3c(C)cc(C4CCCO4)oc3=O)c2)n1. The highest BCUT2D eigenvalue weighted by atomic mass is 16.5. The largest absolute Gasteiger partial charge is 0.424 e. The first-order valence-electron chi connectivity index (χ1n) is 9.51. The van der Waals surface area contributed by atoms with Crippen LogP contribution in [0.4, 0.5) is 5.69 Å². The maximum Gasteiger partial charge on any atom is 0.349 e. The third kappa shape index (κ3) is 3.95. The molecule has 150 valence electrons. The molecule has 0 spiro atoms. The van der Waals surface area contributed by atoms with Crippen molar-refractivity contribution in [2.45, 2.75) is 39.3 Å². The molecule has 0 radical (unpaired) electrons. The second-order valence-corrected chi connectivity index (χ2v) is 6.83. The van der Waals surface area contributed by atoms with Crippen molar-refractivity contribution in [2.24, 2.45) is 0 Å². The van der Waals surface area contributed by atoms with Crippen LogP contribution in [0, 0.1) is 6.92 Å². The maximum atomic E-state index is 12.7. The van der Waals surface area contributed by atoms with Gasteiger partial charge in [0.2, 0.25) is 5.82 Å². The normalized spacial score (nSPS) is 16.1. The van der Waals surface area contributed by atoms with E-state index >= 15 is 0 Å². The lowest BCUT2D eigenvalue weighted by Gasteiger charge is -2.11. The molecule has 1 atom stereocenters. The number of benzene rings is 1. The van der Waals surface area contributed by atoms with Gasteiger partial charge in [-0.2, -0.15) is 4.80 Å². The van der Waals surface area contributed by atoms with Gasteiger partial charge >= 0.3 is 5.63 Å². The maximum absolute atomic E-state index is 12.7. The molecule has 3 aromatic rings. The van der Waals surface area contributed by atoms with Gasteiger partial charge in [-0.1, -0.05) is 12.1 Å². The number of ether oxygens (including phenoxy) is 1. The van der Waals surface area contributed by atoms with E-state index in [2.05, 4.69) is 20.7 Å². The summed E-state index contributed by atoms with van der Waals surface area (Å²) in [6.07, 6.45) is 1.50. The molecule has 1 N–H and O–H groups in total. The van der Waals surface area contributed by atoms with E-state index in [4.69, 9.17) is 9.15 Å². The predicted molar refractivity (Wildman–Crippen MR) is 105 cm³/mol. The lowest BCUT2D eigenvalue weighted by Crippen LogP contribution is -2.23. The van der Waals surface area contributed by atoms with Crippen LogP contribution in [0.5, 0.6) is 0 Å². The topological polar surface area (TPSA) is 112 Å². The smallest absolute Gasteiger partial charge is 0.349 e. The van der Waals surface area contributed by atoms with E-state index in [1.165, 1.54) is 4.80 Å². The second kappa shape index (κ2) is 7.96. The molecule has 1 fully saturated rings. The monoisotopic (exact) mass is 395 g/mol. The Morgan fingerprint density at radius 1 is 1.34 bits per heavy atom. The van der Waals surface area contributed by atoms with Crippen molar-refractivity contribution in [2.75, 3.05) is 11.9 Å². The van der Waals surface area contributed by atoms with E-state index in [1.54, 1.807) is 31.2 Å². The van der Waals surface area contributed by atoms with Crippen LogP contribution in [0.3, 0.4) is 0 Å². The quantitative estimate of drug-likeness (QED) is 0.707. The van der Waals surface area contributed by atoms with Crippen LogP contribution in [0.1, 0.15) is 47.6 Å². The summed E-state index contributed by atoms with van der Waals surface area (Å²) >= 11 is 0. The lowest BCUT2D eigenvalue weighted by molar-refractivity contribution is 0.0895. The average molecular weight is 395 g/mol. The van der Waals surface area contributed by atoms with Gasteiger partial charge in [0.15, 0.2) is 0 Å². The fourth-order valence-electron chi connectivity index (χ4n) is 3.29. The van der Waals surface area contributed by atoms with E-state index in [0.717, 1.165) is 12.8 Å². The summed E-state index contributed by atoms with van der Waals surface area (Å²) in [7, 11) is 0. The molecule has 0 bridgehead atoms. The molecule has 9 nitrogen and oxygen atoms in total. The van der Waals surface area contributed by atoms with Crippen LogP contribution in [0.25, 0.3) is 11.4 Å². The Morgan fingerprint density at radius 2 is 2.21 bits per heavy atom. The van der Waals surface area contributed by atoms with Gasteiger partial charge in [0.05, 0.1) is 6.54 Å². The number of rotatable bonds is 5. The zero-order valence-corrected chi connectivity index (χ0v) is 16.2. The number of nitrogens with one attached hydrogen (secondary N) is 1. The zero-order chi connectivity index (χ0) is 20.4. The molecule has 1 aromatic carbocycles. The number of anilines is 1. The average Bonchev–Trinajstić information content (AvgIpc) is 3.39. The molecular formula is C20H21N5O4. The number of carbonyl (C=O) groups excluding carboxylic acids is 1. The summed E-state index contributed by atoms with van der Waals surface area (Å²) in [4.78, 5) is 26.7. The molecule has 4 rings (SSSR count). The van der Waals surface area contributed by atoms with Crippen molar-refractivity contribution < 1.29 is 13.9 Å². The fraction of sp³-hybridized carbons (Fsp3) is 0.350. The Balaban J connectivity index is 1.56. The van der Waals surface area contributed by atoms with E-state index in [0.29, 0.717) is 41.6 Å². The number of tetrazole rings is 1. The summed E-state index contributed by atoms with van der Waals surface area (Å²) in [6.45, 7) is 4.89. The summed E-state index contributed by atoms with van der Waals surface area (Å²) in [6, 6.07) is 8.75. The number of nitrogens with zero attached hydrogens (tertiary/aromatic N) is 4. The minimum absolute atomic E-state index is 0.0211. The van der Waals surface area contributed by atoms with Crippen molar-refractivity contribution in [1.82, 2.24) is 20.2 Å². The molecule has 29 heavy (non-hydrogen) atoms. The summed E-state index contributed by atoms with van der Waals surface area (Å²) in [5, 5.41) is 14.9. The molecule has 1 saturated heterocycles. The zero-order valence-electron chi connectivity index (χ0n) is 16.2. The highest BCUT2D eigenvalue weighted by Gasteiger charge is 2.24. The molecule has 1 amide bonds. The first-order chi connectivity index (χ1) is 14.0. The number of carbonyl (C=O) groups is 1. The van der Waals surface area contributed by atoms with Gasteiger partial charge in [-0.05, 0) is 55.7 Å². The number of amides is 1. The molecule has 1 aliphatic heterocycles. The standard InChI is InChI=1S/C20H21N5O4/c1-3-25-23-18(22-24-25)13-6-4-7-14(11-13)21-19(26)17-12(2)10-16(29-20(17)27)15-8-5-9-28-15/h4,6-7,10-11,15H,3,5,8-9H2,1-2H3,(H,21,26). The third-order valence-corrected chi connectivity index (χ3v) is 4.76. The highest BCUT2D eigenvalue weighted by Crippen LogP contribution is 2.28. The van der Waals surface area contributed by atoms with Crippen LogP contribution < -0.4 is 10.9 Å². The third-order valence-electron chi connectivity index (χ3n) is 4.76. The van der Waals surface area contributed by atoms with Crippen molar-refractivity contribution in [3.8, 4) is 11.4 Å². The van der Waals surface area contributed by atoms with Gasteiger partial charge in [-0.3, -0.25) is 4.79 Å². The van der Waals surface area contributed by atoms with Crippen molar-refractivity contribution in [1.29, 1.82) is 0 Å². The molecular weight excluding hydrogens is 374 g/mol. The van der Waals surface area contributed by atoms with Gasteiger partial charge in [0.1, 0.15) is 17.4 Å². The number of aromatic nitrogens is 4. The van der Waals surface area contributed by atoms with Crippen molar-refractivity contribution in [3.05, 3.63) is 57.6 Å². The van der Waals surface area contributed by atoms with Crippen LogP contribution in [0.15, 0.2) is 39.5 Å². The van der Waals surface area contributed by atoms with Gasteiger partial charge in [-0.15, -0.1) is 10.2 Å². The predicted octanol–water partition coefficient (Wildman–Crippen LogP) is 2.73. The Morgan fingerprint density at radius 3 is 2.90 bits per heavy atom. The number of aryl methyl sites for hydroxylation is 2. The Labute approximate surface area is 166 Å². The van der Waals surface area contributed by atoms with Crippen LogP contribution in [-0.4, -0.2) is 32.7 Å². The van der Waals surface area contributed by atoms with E-state index in [9.17, 15) is 9.59 Å². The number of hydrogen-bond donors (Lipinski definition) is 1. The molecule has 9 heteroatoms. The van der Waals surface area contributed by atoms with Crippen LogP contribution in [-0.2, 0) is 11.3 Å². The Hall–Kier alpha value is -3.33. The molecule has 1 aliphatic rings. The fourth-order valence-corrected chi connectivity index (χ4v) is 3.29. The van der Waals surface area contributed by atoms with Crippen LogP contribution >= 0.6 is 0 Å². The highest BCUT2D eigenvalue weighted by molar-refractivity contribution is 6.05. The van der Waals surface area contributed by atoms with Gasteiger partial charge in [0, 0.05) is 17.9 Å². The lowest BCUT2D eigenvalue weighted by atomic mass is 10.1.